The van der Waals surface area contributed by atoms with Gasteiger partial charge in [-0.1, -0.05) is 18.2 Å². The lowest BCUT2D eigenvalue weighted by Crippen LogP contribution is -2.53. The highest BCUT2D eigenvalue weighted by atomic mass is 16.5. The van der Waals surface area contributed by atoms with Crippen molar-refractivity contribution in [1.29, 1.82) is 0 Å². The molecule has 1 fully saturated rings. The first kappa shape index (κ1) is 20.8. The zero-order valence-corrected chi connectivity index (χ0v) is 16.1. The van der Waals surface area contributed by atoms with E-state index in [4.69, 9.17) is 14.2 Å². The molecule has 0 radical (unpaired) electrons. The van der Waals surface area contributed by atoms with E-state index in [9.17, 15) is 14.7 Å². The summed E-state index contributed by atoms with van der Waals surface area (Å²) >= 11 is 0. The standard InChI is InChI=1S/C20H27NO6/c1-4-6-15-7-8-16(17(11-15)26-3)27-12-18(22)21-10-5-9-20(13-21,14-25-2)19(23)24/h4,6-8,11H,5,9-10,12-14H2,1-3H3,(H,23,24)/b6-4+. The van der Waals surface area contributed by atoms with Crippen molar-refractivity contribution in [3.05, 3.63) is 29.8 Å². The van der Waals surface area contributed by atoms with Crippen LogP contribution in [0.3, 0.4) is 0 Å². The molecule has 1 aliphatic rings. The Hall–Kier alpha value is -2.54. The smallest absolute Gasteiger partial charge is 0.313 e. The van der Waals surface area contributed by atoms with Crippen molar-refractivity contribution < 1.29 is 28.9 Å². The highest BCUT2D eigenvalue weighted by molar-refractivity contribution is 5.81. The molecule has 0 saturated carbocycles. The van der Waals surface area contributed by atoms with E-state index in [-0.39, 0.29) is 25.7 Å². The summed E-state index contributed by atoms with van der Waals surface area (Å²) in [5.74, 6) is -0.186. The van der Waals surface area contributed by atoms with Gasteiger partial charge in [0, 0.05) is 20.2 Å². The van der Waals surface area contributed by atoms with Gasteiger partial charge >= 0.3 is 5.97 Å². The third-order valence-electron chi connectivity index (χ3n) is 4.70. The number of likely N-dealkylation sites (tertiary alicyclic amines) is 1. The first-order valence-electron chi connectivity index (χ1n) is 8.89. The summed E-state index contributed by atoms with van der Waals surface area (Å²) in [7, 11) is 3.01. The largest absolute Gasteiger partial charge is 0.493 e. The highest BCUT2D eigenvalue weighted by Crippen LogP contribution is 2.32. The number of nitrogens with zero attached hydrogens (tertiary/aromatic N) is 1. The summed E-state index contributed by atoms with van der Waals surface area (Å²) < 4.78 is 16.1. The van der Waals surface area contributed by atoms with Crippen LogP contribution in [0.25, 0.3) is 6.08 Å². The van der Waals surface area contributed by atoms with Gasteiger partial charge in [-0.05, 0) is 37.5 Å². The van der Waals surface area contributed by atoms with Gasteiger partial charge in [-0.2, -0.15) is 0 Å². The van der Waals surface area contributed by atoms with E-state index in [0.717, 1.165) is 5.56 Å². The zero-order chi connectivity index (χ0) is 19.9. The maximum Gasteiger partial charge on any atom is 0.313 e. The fourth-order valence-electron chi connectivity index (χ4n) is 3.31. The van der Waals surface area contributed by atoms with Gasteiger partial charge in [0.2, 0.25) is 0 Å². The maximum absolute atomic E-state index is 12.6. The van der Waals surface area contributed by atoms with Crippen LogP contribution >= 0.6 is 0 Å². The van der Waals surface area contributed by atoms with Gasteiger partial charge in [-0.25, -0.2) is 0 Å². The topological polar surface area (TPSA) is 85.3 Å². The number of allylic oxidation sites excluding steroid dienone is 1. The van der Waals surface area contributed by atoms with Crippen LogP contribution in [-0.4, -0.2) is 62.4 Å². The number of amides is 1. The highest BCUT2D eigenvalue weighted by Gasteiger charge is 2.43. The zero-order valence-electron chi connectivity index (χ0n) is 16.1. The van der Waals surface area contributed by atoms with E-state index in [1.54, 1.807) is 13.2 Å². The van der Waals surface area contributed by atoms with Crippen LogP contribution in [0, 0.1) is 5.41 Å². The molecule has 1 unspecified atom stereocenters. The summed E-state index contributed by atoms with van der Waals surface area (Å²) in [6.07, 6.45) is 4.96. The summed E-state index contributed by atoms with van der Waals surface area (Å²) in [4.78, 5) is 25.8. The molecule has 0 aliphatic carbocycles. The first-order chi connectivity index (χ1) is 13.0. The molecule has 7 nitrogen and oxygen atoms in total. The van der Waals surface area contributed by atoms with E-state index in [1.807, 2.05) is 31.2 Å². The molecule has 0 spiro atoms. The van der Waals surface area contributed by atoms with Gasteiger partial charge in [0.05, 0.1) is 13.7 Å². The monoisotopic (exact) mass is 377 g/mol. The van der Waals surface area contributed by atoms with Gasteiger partial charge in [0.1, 0.15) is 5.41 Å². The van der Waals surface area contributed by atoms with Crippen molar-refractivity contribution >= 4 is 18.0 Å². The molecule has 1 aliphatic heterocycles. The molecule has 7 heteroatoms. The number of piperidine rings is 1. The second-order valence-electron chi connectivity index (χ2n) is 6.64. The number of benzene rings is 1. The molecule has 1 amide bonds. The van der Waals surface area contributed by atoms with Crippen LogP contribution in [0.15, 0.2) is 24.3 Å². The lowest BCUT2D eigenvalue weighted by atomic mass is 9.80. The normalized spacial score (nSPS) is 19.9. The molecule has 1 N–H and O–H groups in total. The number of carboxylic acids is 1. The summed E-state index contributed by atoms with van der Waals surface area (Å²) in [5.41, 5.74) is -0.0936. The van der Waals surface area contributed by atoms with Crippen LogP contribution in [0.1, 0.15) is 25.3 Å². The summed E-state index contributed by atoms with van der Waals surface area (Å²) in [6.45, 7) is 2.46. The molecule has 1 saturated heterocycles. The molecule has 27 heavy (non-hydrogen) atoms. The Morgan fingerprint density at radius 1 is 1.30 bits per heavy atom. The number of rotatable bonds is 8. The SMILES string of the molecule is C/C=C/c1ccc(OCC(=O)N2CCCC(COC)(C(=O)O)C2)c(OC)c1. The predicted octanol–water partition coefficient (Wildman–Crippen LogP) is 2.45. The number of hydrogen-bond acceptors (Lipinski definition) is 5. The molecule has 0 bridgehead atoms. The fraction of sp³-hybridized carbons (Fsp3) is 0.500. The number of ether oxygens (including phenoxy) is 3. The Bertz CT molecular complexity index is 698. The molecule has 0 aromatic heterocycles. The summed E-state index contributed by atoms with van der Waals surface area (Å²) in [6, 6.07) is 5.45. The van der Waals surface area contributed by atoms with Crippen molar-refractivity contribution in [2.75, 3.05) is 40.5 Å². The number of carboxylic acid groups (broad SMARTS) is 1. The van der Waals surface area contributed by atoms with Crippen molar-refractivity contribution in [2.24, 2.45) is 5.41 Å². The predicted molar refractivity (Wildman–Crippen MR) is 101 cm³/mol. The Morgan fingerprint density at radius 3 is 2.70 bits per heavy atom. The first-order valence-corrected chi connectivity index (χ1v) is 8.89. The van der Waals surface area contributed by atoms with E-state index in [1.165, 1.54) is 12.0 Å². The molecule has 148 valence electrons. The van der Waals surface area contributed by atoms with E-state index in [2.05, 4.69) is 0 Å². The number of methoxy groups -OCH3 is 2. The minimum absolute atomic E-state index is 0.0766. The molecule has 1 heterocycles. The van der Waals surface area contributed by atoms with Crippen LogP contribution in [0.2, 0.25) is 0 Å². The average Bonchev–Trinajstić information content (AvgIpc) is 2.67. The molecule has 1 aromatic carbocycles. The van der Waals surface area contributed by atoms with Crippen molar-refractivity contribution in [3.8, 4) is 11.5 Å². The molecule has 2 rings (SSSR count). The Labute approximate surface area is 159 Å². The Morgan fingerprint density at radius 2 is 2.07 bits per heavy atom. The number of carbonyl (C=O) groups excluding carboxylic acids is 1. The molecule has 1 aromatic rings. The van der Waals surface area contributed by atoms with Crippen LogP contribution < -0.4 is 9.47 Å². The van der Waals surface area contributed by atoms with E-state index < -0.39 is 11.4 Å². The van der Waals surface area contributed by atoms with Crippen LogP contribution in [-0.2, 0) is 14.3 Å². The van der Waals surface area contributed by atoms with Crippen molar-refractivity contribution in [1.82, 2.24) is 4.90 Å². The van der Waals surface area contributed by atoms with Crippen LogP contribution in [0.4, 0.5) is 0 Å². The van der Waals surface area contributed by atoms with Crippen molar-refractivity contribution in [2.45, 2.75) is 19.8 Å². The molecular weight excluding hydrogens is 350 g/mol. The number of aliphatic carboxylic acids is 1. The number of hydrogen-bond donors (Lipinski definition) is 1. The number of carbonyl (C=O) groups is 2. The molecular formula is C20H27NO6. The van der Waals surface area contributed by atoms with Gasteiger partial charge in [-0.3, -0.25) is 9.59 Å². The van der Waals surface area contributed by atoms with E-state index in [0.29, 0.717) is 30.9 Å². The average molecular weight is 377 g/mol. The van der Waals surface area contributed by atoms with Gasteiger partial charge in [-0.15, -0.1) is 0 Å². The fourth-order valence-corrected chi connectivity index (χ4v) is 3.31. The maximum atomic E-state index is 12.6. The van der Waals surface area contributed by atoms with Crippen LogP contribution in [0.5, 0.6) is 11.5 Å². The lowest BCUT2D eigenvalue weighted by molar-refractivity contribution is -0.159. The quantitative estimate of drug-likeness (QED) is 0.749. The molecule has 1 atom stereocenters. The van der Waals surface area contributed by atoms with Gasteiger partial charge in [0.25, 0.3) is 5.91 Å². The Kier molecular flexibility index (Phi) is 7.24. The summed E-state index contributed by atoms with van der Waals surface area (Å²) in [5, 5.41) is 9.59. The third kappa shape index (κ3) is 5.01. The van der Waals surface area contributed by atoms with E-state index >= 15 is 0 Å². The second kappa shape index (κ2) is 9.41. The third-order valence-corrected chi connectivity index (χ3v) is 4.70. The Balaban J connectivity index is 2.04. The minimum Gasteiger partial charge on any atom is -0.493 e. The van der Waals surface area contributed by atoms with Crippen molar-refractivity contribution in [3.63, 3.8) is 0 Å². The lowest BCUT2D eigenvalue weighted by Gasteiger charge is -2.39. The second-order valence-corrected chi connectivity index (χ2v) is 6.64. The van der Waals surface area contributed by atoms with Gasteiger partial charge in [0.15, 0.2) is 18.1 Å². The minimum atomic E-state index is -1.06. The van der Waals surface area contributed by atoms with Gasteiger partial charge < -0.3 is 24.2 Å².